The first kappa shape index (κ1) is 11.9. The number of hydrogen-bond acceptors (Lipinski definition) is 6. The number of amides is 1. The van der Waals surface area contributed by atoms with Gasteiger partial charge in [0.15, 0.2) is 0 Å². The first-order valence-electron chi connectivity index (χ1n) is 5.27. The van der Waals surface area contributed by atoms with Crippen LogP contribution >= 0.6 is 0 Å². The van der Waals surface area contributed by atoms with Crippen molar-refractivity contribution in [3.8, 4) is 0 Å². The number of anilines is 1. The predicted octanol–water partition coefficient (Wildman–Crippen LogP) is 0.0872. The standard InChI is InChI=1S/C11H12N6O/c12-16-10-4-3-8(6-13-10)11(18)14-7-9-2-1-5-15-17-9/h1-6H,7,12H2,(H,13,16)(H,14,18). The quantitative estimate of drug-likeness (QED) is 0.520. The van der Waals surface area contributed by atoms with E-state index in [1.54, 1.807) is 30.5 Å². The second-order valence-electron chi connectivity index (χ2n) is 3.47. The number of hydrazine groups is 1. The third-order valence-corrected chi connectivity index (χ3v) is 2.23. The van der Waals surface area contributed by atoms with Crippen molar-refractivity contribution in [1.82, 2.24) is 20.5 Å². The van der Waals surface area contributed by atoms with E-state index in [4.69, 9.17) is 5.84 Å². The third-order valence-electron chi connectivity index (χ3n) is 2.23. The van der Waals surface area contributed by atoms with E-state index in [2.05, 4.69) is 25.9 Å². The molecule has 2 rings (SSSR count). The Kier molecular flexibility index (Phi) is 3.77. The molecule has 0 fully saturated rings. The van der Waals surface area contributed by atoms with E-state index in [-0.39, 0.29) is 5.91 Å². The molecular weight excluding hydrogens is 232 g/mol. The summed E-state index contributed by atoms with van der Waals surface area (Å²) in [5.41, 5.74) is 3.54. The molecule has 1 amide bonds. The monoisotopic (exact) mass is 244 g/mol. The minimum atomic E-state index is -0.225. The van der Waals surface area contributed by atoms with Crippen molar-refractivity contribution in [3.05, 3.63) is 47.9 Å². The van der Waals surface area contributed by atoms with Crippen LogP contribution in [0.1, 0.15) is 16.1 Å². The fourth-order valence-corrected chi connectivity index (χ4v) is 1.31. The van der Waals surface area contributed by atoms with Gasteiger partial charge in [0.2, 0.25) is 0 Å². The van der Waals surface area contributed by atoms with Crippen molar-refractivity contribution in [3.63, 3.8) is 0 Å². The van der Waals surface area contributed by atoms with Crippen molar-refractivity contribution in [2.24, 2.45) is 5.84 Å². The number of rotatable bonds is 4. The molecule has 7 heteroatoms. The average molecular weight is 244 g/mol. The minimum absolute atomic E-state index is 0.225. The van der Waals surface area contributed by atoms with Gasteiger partial charge in [-0.15, -0.1) is 0 Å². The highest BCUT2D eigenvalue weighted by Gasteiger charge is 2.06. The first-order chi connectivity index (χ1) is 8.79. The van der Waals surface area contributed by atoms with Crippen LogP contribution in [-0.4, -0.2) is 21.1 Å². The smallest absolute Gasteiger partial charge is 0.253 e. The van der Waals surface area contributed by atoms with E-state index in [0.29, 0.717) is 23.6 Å². The zero-order chi connectivity index (χ0) is 12.8. The van der Waals surface area contributed by atoms with Gasteiger partial charge >= 0.3 is 0 Å². The van der Waals surface area contributed by atoms with Crippen LogP contribution in [0.4, 0.5) is 5.82 Å². The van der Waals surface area contributed by atoms with Gasteiger partial charge in [-0.25, -0.2) is 10.8 Å². The Morgan fingerprint density at radius 3 is 2.83 bits per heavy atom. The number of hydrogen-bond donors (Lipinski definition) is 3. The summed E-state index contributed by atoms with van der Waals surface area (Å²) >= 11 is 0. The van der Waals surface area contributed by atoms with Crippen molar-refractivity contribution >= 4 is 11.7 Å². The summed E-state index contributed by atoms with van der Waals surface area (Å²) in [4.78, 5) is 15.7. The summed E-state index contributed by atoms with van der Waals surface area (Å²) in [5, 5.41) is 10.3. The van der Waals surface area contributed by atoms with Crippen molar-refractivity contribution in [1.29, 1.82) is 0 Å². The van der Waals surface area contributed by atoms with Gasteiger partial charge in [0.05, 0.1) is 17.8 Å². The highest BCUT2D eigenvalue weighted by atomic mass is 16.1. The Labute approximate surface area is 103 Å². The number of nitrogen functional groups attached to an aromatic ring is 1. The molecular formula is C11H12N6O. The van der Waals surface area contributed by atoms with E-state index >= 15 is 0 Å². The maximum atomic E-state index is 11.8. The van der Waals surface area contributed by atoms with Gasteiger partial charge in [-0.05, 0) is 24.3 Å². The Balaban J connectivity index is 1.95. The molecule has 0 aliphatic rings. The number of carbonyl (C=O) groups excluding carboxylic acids is 1. The molecule has 0 saturated heterocycles. The van der Waals surface area contributed by atoms with Crippen molar-refractivity contribution in [2.45, 2.75) is 6.54 Å². The summed E-state index contributed by atoms with van der Waals surface area (Å²) in [5.74, 6) is 5.46. The molecule has 0 aliphatic carbocycles. The number of nitrogens with two attached hydrogens (primary N) is 1. The van der Waals surface area contributed by atoms with E-state index in [1.807, 2.05) is 0 Å². The van der Waals surface area contributed by atoms with Crippen LogP contribution in [0.15, 0.2) is 36.7 Å². The van der Waals surface area contributed by atoms with Crippen LogP contribution in [0.3, 0.4) is 0 Å². The highest BCUT2D eigenvalue weighted by molar-refractivity contribution is 5.93. The molecule has 0 bridgehead atoms. The number of aromatic nitrogens is 3. The van der Waals surface area contributed by atoms with Crippen LogP contribution in [0, 0.1) is 0 Å². The van der Waals surface area contributed by atoms with E-state index in [0.717, 1.165) is 0 Å². The number of pyridine rings is 1. The second kappa shape index (κ2) is 5.69. The average Bonchev–Trinajstić information content (AvgIpc) is 2.46. The van der Waals surface area contributed by atoms with Crippen LogP contribution in [-0.2, 0) is 6.54 Å². The SMILES string of the molecule is NNc1ccc(C(=O)NCc2cccnn2)cn1. The molecule has 2 heterocycles. The van der Waals surface area contributed by atoms with Gasteiger partial charge in [0.1, 0.15) is 5.82 Å². The van der Waals surface area contributed by atoms with E-state index in [9.17, 15) is 4.79 Å². The zero-order valence-corrected chi connectivity index (χ0v) is 9.50. The number of nitrogens with zero attached hydrogens (tertiary/aromatic N) is 3. The fraction of sp³-hybridized carbons (Fsp3) is 0.0909. The number of nitrogens with one attached hydrogen (secondary N) is 2. The molecule has 0 radical (unpaired) electrons. The molecule has 2 aromatic rings. The van der Waals surface area contributed by atoms with E-state index < -0.39 is 0 Å². The summed E-state index contributed by atoms with van der Waals surface area (Å²) in [6.45, 7) is 0.323. The summed E-state index contributed by atoms with van der Waals surface area (Å²) < 4.78 is 0. The lowest BCUT2D eigenvalue weighted by Gasteiger charge is -2.04. The summed E-state index contributed by atoms with van der Waals surface area (Å²) in [6, 6.07) is 6.80. The highest BCUT2D eigenvalue weighted by Crippen LogP contribution is 2.03. The molecule has 0 saturated carbocycles. The molecule has 0 aliphatic heterocycles. The lowest BCUT2D eigenvalue weighted by atomic mass is 10.2. The molecule has 0 spiro atoms. The molecule has 0 atom stereocenters. The lowest BCUT2D eigenvalue weighted by Crippen LogP contribution is -2.23. The van der Waals surface area contributed by atoms with Gasteiger partial charge in [0.25, 0.3) is 5.91 Å². The van der Waals surface area contributed by atoms with Gasteiger partial charge in [0, 0.05) is 12.4 Å². The predicted molar refractivity (Wildman–Crippen MR) is 65.2 cm³/mol. The molecule has 2 aromatic heterocycles. The minimum Gasteiger partial charge on any atom is -0.346 e. The lowest BCUT2D eigenvalue weighted by molar-refractivity contribution is 0.0950. The maximum absolute atomic E-state index is 11.8. The van der Waals surface area contributed by atoms with Crippen LogP contribution < -0.4 is 16.6 Å². The molecule has 0 unspecified atom stereocenters. The number of carbonyl (C=O) groups is 1. The van der Waals surface area contributed by atoms with Crippen molar-refractivity contribution < 1.29 is 4.79 Å². The molecule has 7 nitrogen and oxygen atoms in total. The van der Waals surface area contributed by atoms with Crippen LogP contribution in [0.2, 0.25) is 0 Å². The Morgan fingerprint density at radius 1 is 1.33 bits per heavy atom. The van der Waals surface area contributed by atoms with Gasteiger partial charge in [-0.3, -0.25) is 4.79 Å². The molecule has 0 aromatic carbocycles. The van der Waals surface area contributed by atoms with Crippen LogP contribution in [0.25, 0.3) is 0 Å². The summed E-state index contributed by atoms with van der Waals surface area (Å²) in [7, 11) is 0. The Morgan fingerprint density at radius 2 is 2.22 bits per heavy atom. The second-order valence-corrected chi connectivity index (χ2v) is 3.47. The van der Waals surface area contributed by atoms with E-state index in [1.165, 1.54) is 6.20 Å². The Bertz CT molecular complexity index is 513. The fourth-order valence-electron chi connectivity index (χ4n) is 1.31. The van der Waals surface area contributed by atoms with Crippen LogP contribution in [0.5, 0.6) is 0 Å². The van der Waals surface area contributed by atoms with Crippen molar-refractivity contribution in [2.75, 3.05) is 5.43 Å². The topological polar surface area (TPSA) is 106 Å². The third kappa shape index (κ3) is 2.98. The summed E-state index contributed by atoms with van der Waals surface area (Å²) in [6.07, 6.45) is 3.02. The Hall–Kier alpha value is -2.54. The van der Waals surface area contributed by atoms with Gasteiger partial charge in [-0.2, -0.15) is 10.2 Å². The van der Waals surface area contributed by atoms with Gasteiger partial charge in [-0.1, -0.05) is 0 Å². The molecule has 18 heavy (non-hydrogen) atoms. The molecule has 92 valence electrons. The largest absolute Gasteiger partial charge is 0.346 e. The maximum Gasteiger partial charge on any atom is 0.253 e. The van der Waals surface area contributed by atoms with Gasteiger partial charge < -0.3 is 10.7 Å². The normalized spacial score (nSPS) is 9.83. The molecule has 4 N–H and O–H groups in total. The zero-order valence-electron chi connectivity index (χ0n) is 9.50. The first-order valence-corrected chi connectivity index (χ1v) is 5.27.